The highest BCUT2D eigenvalue weighted by Gasteiger charge is 2.24. The lowest BCUT2D eigenvalue weighted by Gasteiger charge is -2.18. The molecule has 3 unspecified atom stereocenters. The average Bonchev–Trinajstić information content (AvgIpc) is 2.86. The molecule has 0 heterocycles. The third-order valence-electron chi connectivity index (χ3n) is 5.04. The van der Waals surface area contributed by atoms with Crippen LogP contribution in [0.1, 0.15) is 19.8 Å². The number of carbonyl (C=O) groups is 5. The summed E-state index contributed by atoms with van der Waals surface area (Å²) in [6, 6.07) is 11.5. The number of carbonyl (C=O) groups excluding carboxylic acids is 3. The highest BCUT2D eigenvalue weighted by atomic mass is 32.2. The standard InChI is InChI=1S/C24H29N5O8S/c1-14(30)27-17-6-2-15(3-7-17)16-4-8-18(9-5-16)29-38(37)13-20(23(34)26-12-22(32)33)28-21(31)11-10-19(25)24(35)36/h2-9,19-20,29H,10-13,25H2,1H3,(H,26,34)(H,27,30)(H,28,31)(H,32,33)(H,35,36). The van der Waals surface area contributed by atoms with Crippen LogP contribution in [0.15, 0.2) is 48.5 Å². The van der Waals surface area contributed by atoms with Crippen LogP contribution in [-0.4, -0.2) is 68.5 Å². The lowest BCUT2D eigenvalue weighted by molar-refractivity contribution is -0.139. The largest absolute Gasteiger partial charge is 0.480 e. The molecule has 0 aliphatic carbocycles. The van der Waals surface area contributed by atoms with E-state index in [-0.39, 0.29) is 18.7 Å². The Balaban J connectivity index is 2.01. The number of carboxylic acids is 2. The fourth-order valence-corrected chi connectivity index (χ4v) is 4.17. The molecular formula is C24H29N5O8S. The van der Waals surface area contributed by atoms with Gasteiger partial charge in [-0.15, -0.1) is 0 Å². The van der Waals surface area contributed by atoms with Gasteiger partial charge in [0.25, 0.3) is 0 Å². The van der Waals surface area contributed by atoms with Crippen molar-refractivity contribution in [2.24, 2.45) is 5.73 Å². The second-order valence-electron chi connectivity index (χ2n) is 8.17. The first kappa shape index (κ1) is 29.9. The first-order valence-electron chi connectivity index (χ1n) is 11.3. The van der Waals surface area contributed by atoms with Gasteiger partial charge in [-0.3, -0.25) is 24.0 Å². The van der Waals surface area contributed by atoms with Crippen molar-refractivity contribution >= 4 is 52.0 Å². The molecule has 0 bridgehead atoms. The molecule has 2 aromatic rings. The van der Waals surface area contributed by atoms with Crippen LogP contribution in [0.4, 0.5) is 11.4 Å². The first-order valence-corrected chi connectivity index (χ1v) is 12.7. The van der Waals surface area contributed by atoms with E-state index in [1.807, 2.05) is 12.1 Å². The molecular weight excluding hydrogens is 518 g/mol. The number of hydrogen-bond acceptors (Lipinski definition) is 7. The summed E-state index contributed by atoms with van der Waals surface area (Å²) in [7, 11) is -1.86. The van der Waals surface area contributed by atoms with Crippen LogP contribution in [0, 0.1) is 0 Å². The molecule has 2 aromatic carbocycles. The zero-order valence-electron chi connectivity index (χ0n) is 20.4. The number of nitrogens with one attached hydrogen (secondary N) is 4. The number of nitrogens with two attached hydrogens (primary N) is 1. The van der Waals surface area contributed by atoms with Crippen molar-refractivity contribution in [3.63, 3.8) is 0 Å². The second-order valence-corrected chi connectivity index (χ2v) is 9.39. The van der Waals surface area contributed by atoms with Crippen molar-refractivity contribution in [1.82, 2.24) is 10.6 Å². The Morgan fingerprint density at radius 3 is 1.97 bits per heavy atom. The number of carboxylic acid groups (broad SMARTS) is 2. The Kier molecular flexibility index (Phi) is 11.4. The predicted octanol–water partition coefficient (Wildman–Crippen LogP) is 0.265. The maximum atomic E-state index is 12.7. The number of benzene rings is 2. The molecule has 3 amide bonds. The highest BCUT2D eigenvalue weighted by molar-refractivity contribution is 7.86. The van der Waals surface area contributed by atoms with Gasteiger partial charge in [0.05, 0.1) is 5.75 Å². The predicted molar refractivity (Wildman–Crippen MR) is 140 cm³/mol. The minimum absolute atomic E-state index is 0.176. The highest BCUT2D eigenvalue weighted by Crippen LogP contribution is 2.23. The maximum Gasteiger partial charge on any atom is 0.322 e. The van der Waals surface area contributed by atoms with Crippen molar-refractivity contribution in [3.05, 3.63) is 48.5 Å². The van der Waals surface area contributed by atoms with Crippen molar-refractivity contribution in [2.75, 3.05) is 22.3 Å². The molecule has 0 spiro atoms. The SMILES string of the molecule is CC(=O)Nc1ccc(-c2ccc(NS(=O)CC(NC(=O)CCC(N)C(=O)O)C(=O)NCC(=O)O)cc2)cc1. The number of anilines is 2. The zero-order valence-corrected chi connectivity index (χ0v) is 21.2. The molecule has 0 aliphatic rings. The van der Waals surface area contributed by atoms with Crippen molar-refractivity contribution < 1.29 is 38.4 Å². The number of aliphatic carboxylic acids is 2. The van der Waals surface area contributed by atoms with E-state index in [0.29, 0.717) is 11.4 Å². The number of rotatable bonds is 14. The quantitative estimate of drug-likeness (QED) is 0.172. The summed E-state index contributed by atoms with van der Waals surface area (Å²) in [5.41, 5.74) is 8.24. The molecule has 8 N–H and O–H groups in total. The van der Waals surface area contributed by atoms with Gasteiger partial charge in [0.15, 0.2) is 0 Å². The molecule has 0 fully saturated rings. The normalized spacial score (nSPS) is 12.9. The molecule has 0 aliphatic heterocycles. The van der Waals surface area contributed by atoms with Gasteiger partial charge in [-0.1, -0.05) is 24.3 Å². The summed E-state index contributed by atoms with van der Waals surface area (Å²) in [4.78, 5) is 57.4. The van der Waals surface area contributed by atoms with Crippen LogP contribution >= 0.6 is 0 Å². The van der Waals surface area contributed by atoms with Gasteiger partial charge in [-0.2, -0.15) is 0 Å². The minimum atomic E-state index is -1.86. The molecule has 2 rings (SSSR count). The van der Waals surface area contributed by atoms with E-state index >= 15 is 0 Å². The molecule has 204 valence electrons. The molecule has 0 radical (unpaired) electrons. The van der Waals surface area contributed by atoms with Crippen LogP contribution < -0.4 is 26.4 Å². The molecule has 13 nitrogen and oxygen atoms in total. The van der Waals surface area contributed by atoms with Gasteiger partial charge in [-0.25, -0.2) is 4.21 Å². The summed E-state index contributed by atoms with van der Waals surface area (Å²) < 4.78 is 15.4. The van der Waals surface area contributed by atoms with Crippen molar-refractivity contribution in [3.8, 4) is 11.1 Å². The van der Waals surface area contributed by atoms with E-state index in [0.717, 1.165) is 11.1 Å². The van der Waals surface area contributed by atoms with Crippen LogP contribution in [0.25, 0.3) is 11.1 Å². The summed E-state index contributed by atoms with van der Waals surface area (Å²) in [6.07, 6.45) is -0.488. The Bertz CT molecular complexity index is 1190. The van der Waals surface area contributed by atoms with E-state index < -0.39 is 59.1 Å². The monoisotopic (exact) mass is 547 g/mol. The number of amides is 3. The Morgan fingerprint density at radius 2 is 1.47 bits per heavy atom. The Labute approximate surface area is 220 Å². The summed E-state index contributed by atoms with van der Waals surface area (Å²) in [6.45, 7) is 0.711. The van der Waals surface area contributed by atoms with Crippen molar-refractivity contribution in [1.29, 1.82) is 0 Å². The van der Waals surface area contributed by atoms with E-state index in [4.69, 9.17) is 15.9 Å². The molecule has 0 saturated carbocycles. The smallest absolute Gasteiger partial charge is 0.322 e. The second kappa shape index (κ2) is 14.4. The third-order valence-corrected chi connectivity index (χ3v) is 6.14. The third kappa shape index (κ3) is 10.4. The van der Waals surface area contributed by atoms with Gasteiger partial charge >= 0.3 is 11.9 Å². The van der Waals surface area contributed by atoms with Gasteiger partial charge < -0.3 is 36.6 Å². The molecule has 3 atom stereocenters. The summed E-state index contributed by atoms with van der Waals surface area (Å²) >= 11 is 0. The van der Waals surface area contributed by atoms with Crippen LogP contribution in [0.5, 0.6) is 0 Å². The van der Waals surface area contributed by atoms with Crippen LogP contribution in [0.3, 0.4) is 0 Å². The zero-order chi connectivity index (χ0) is 28.2. The van der Waals surface area contributed by atoms with E-state index in [1.54, 1.807) is 36.4 Å². The van der Waals surface area contributed by atoms with Crippen LogP contribution in [0.2, 0.25) is 0 Å². The summed E-state index contributed by atoms with van der Waals surface area (Å²) in [5.74, 6) is -4.73. The lowest BCUT2D eigenvalue weighted by Crippen LogP contribution is -2.51. The number of hydrogen-bond donors (Lipinski definition) is 7. The fourth-order valence-electron chi connectivity index (χ4n) is 3.15. The Hall–Kier alpha value is -4.30. The topological polar surface area (TPSA) is 217 Å². The molecule has 38 heavy (non-hydrogen) atoms. The summed E-state index contributed by atoms with van der Waals surface area (Å²) in [5, 5.41) is 24.8. The van der Waals surface area contributed by atoms with E-state index in [9.17, 15) is 28.2 Å². The van der Waals surface area contributed by atoms with Crippen molar-refractivity contribution in [2.45, 2.75) is 31.8 Å². The molecule has 14 heteroatoms. The lowest BCUT2D eigenvalue weighted by atomic mass is 10.1. The van der Waals surface area contributed by atoms with Gasteiger partial charge in [-0.05, 0) is 41.8 Å². The fraction of sp³-hybridized carbons (Fsp3) is 0.292. The van der Waals surface area contributed by atoms with Gasteiger partial charge in [0.1, 0.15) is 29.6 Å². The first-order chi connectivity index (χ1) is 17.9. The van der Waals surface area contributed by atoms with Gasteiger partial charge in [0.2, 0.25) is 17.7 Å². The molecule has 0 saturated heterocycles. The molecule has 0 aromatic heterocycles. The maximum absolute atomic E-state index is 12.7. The van der Waals surface area contributed by atoms with E-state index in [1.165, 1.54) is 6.92 Å². The minimum Gasteiger partial charge on any atom is -0.480 e. The average molecular weight is 548 g/mol. The van der Waals surface area contributed by atoms with E-state index in [2.05, 4.69) is 20.7 Å². The van der Waals surface area contributed by atoms with Crippen LogP contribution in [-0.2, 0) is 35.0 Å². The van der Waals surface area contributed by atoms with Gasteiger partial charge in [0, 0.05) is 24.7 Å². The Morgan fingerprint density at radius 1 is 0.921 bits per heavy atom.